The first-order chi connectivity index (χ1) is 8.09. The Kier molecular flexibility index (Phi) is 2.67. The number of hydrogen-bond donors (Lipinski definition) is 2. The van der Waals surface area contributed by atoms with Gasteiger partial charge < -0.3 is 10.0 Å². The second-order valence-corrected chi connectivity index (χ2v) is 6.17. The van der Waals surface area contributed by atoms with Gasteiger partial charge >= 0.3 is 5.97 Å². The quantitative estimate of drug-likeness (QED) is 0.765. The van der Waals surface area contributed by atoms with E-state index in [0.29, 0.717) is 17.9 Å². The Bertz CT molecular complexity index is 321. The number of nitrogens with zero attached hydrogens (tertiary/aromatic N) is 1. The van der Waals surface area contributed by atoms with Crippen LogP contribution in [0.2, 0.25) is 0 Å². The molecule has 2 atom stereocenters. The van der Waals surface area contributed by atoms with E-state index in [4.69, 9.17) is 0 Å². The van der Waals surface area contributed by atoms with Crippen LogP contribution in [0.5, 0.6) is 0 Å². The second-order valence-electron chi connectivity index (χ2n) is 6.17. The summed E-state index contributed by atoms with van der Waals surface area (Å²) in [4.78, 5) is 14.0. The van der Waals surface area contributed by atoms with Crippen molar-refractivity contribution >= 4 is 5.97 Å². The molecule has 4 aliphatic rings. The van der Waals surface area contributed by atoms with Crippen molar-refractivity contribution in [2.45, 2.75) is 44.2 Å². The first kappa shape index (κ1) is 11.5. The highest BCUT2D eigenvalue weighted by Gasteiger charge is 2.50. The molecule has 0 aromatic rings. The summed E-state index contributed by atoms with van der Waals surface area (Å²) in [5.74, 6) is 0.365. The summed E-state index contributed by atoms with van der Waals surface area (Å²) < 4.78 is 0. The summed E-state index contributed by atoms with van der Waals surface area (Å²) in [6, 6.07) is 0.388. The lowest BCUT2D eigenvalue weighted by Gasteiger charge is -2.47. The highest BCUT2D eigenvalue weighted by Crippen LogP contribution is 2.41. The molecule has 4 nitrogen and oxygen atoms in total. The van der Waals surface area contributed by atoms with E-state index in [1.54, 1.807) is 0 Å². The Morgan fingerprint density at radius 3 is 2.35 bits per heavy atom. The molecule has 4 heteroatoms. The van der Waals surface area contributed by atoms with Gasteiger partial charge in [0.2, 0.25) is 0 Å². The van der Waals surface area contributed by atoms with Crippen molar-refractivity contribution in [1.82, 2.24) is 10.2 Å². The zero-order valence-electron chi connectivity index (χ0n) is 10.5. The molecule has 2 bridgehead atoms. The minimum absolute atomic E-state index is 0.343. The van der Waals surface area contributed by atoms with Gasteiger partial charge in [-0.05, 0) is 57.5 Å². The number of aliphatic carboxylic acids is 1. The van der Waals surface area contributed by atoms with Crippen LogP contribution in [-0.4, -0.2) is 47.2 Å². The van der Waals surface area contributed by atoms with Crippen molar-refractivity contribution in [3.8, 4) is 0 Å². The fraction of sp³-hybridized carbons (Fsp3) is 0.923. The average Bonchev–Trinajstić information content (AvgIpc) is 3.14. The van der Waals surface area contributed by atoms with Crippen LogP contribution in [0.1, 0.15) is 32.6 Å². The molecule has 4 rings (SSSR count). The second kappa shape index (κ2) is 3.95. The summed E-state index contributed by atoms with van der Waals surface area (Å²) in [5, 5.41) is 13.0. The Labute approximate surface area is 102 Å². The fourth-order valence-electron chi connectivity index (χ4n) is 3.53. The van der Waals surface area contributed by atoms with Crippen molar-refractivity contribution in [2.24, 2.45) is 11.8 Å². The highest BCUT2D eigenvalue weighted by molar-refractivity contribution is 5.79. The molecule has 0 aromatic heterocycles. The molecule has 1 saturated carbocycles. The number of hydrogen-bond acceptors (Lipinski definition) is 3. The Hall–Kier alpha value is -0.610. The van der Waals surface area contributed by atoms with Crippen LogP contribution in [0.4, 0.5) is 0 Å². The molecule has 2 unspecified atom stereocenters. The van der Waals surface area contributed by atoms with E-state index >= 15 is 0 Å². The van der Waals surface area contributed by atoms with Gasteiger partial charge in [0.15, 0.2) is 0 Å². The number of nitrogens with one attached hydrogen (secondary N) is 1. The van der Waals surface area contributed by atoms with Crippen molar-refractivity contribution in [1.29, 1.82) is 0 Å². The van der Waals surface area contributed by atoms with Gasteiger partial charge in [-0.25, -0.2) is 0 Å². The molecule has 4 fully saturated rings. The minimum atomic E-state index is -0.691. The number of rotatable bonds is 4. The number of carboxylic acid groups (broad SMARTS) is 1. The summed E-state index contributed by atoms with van der Waals surface area (Å²) in [6.07, 6.45) is 4.60. The van der Waals surface area contributed by atoms with Crippen LogP contribution in [0.15, 0.2) is 0 Å². The molecule has 0 aromatic carbocycles. The molecule has 1 aliphatic carbocycles. The predicted molar refractivity (Wildman–Crippen MR) is 64.9 cm³/mol. The van der Waals surface area contributed by atoms with Crippen LogP contribution < -0.4 is 5.32 Å². The van der Waals surface area contributed by atoms with Gasteiger partial charge in [0.05, 0.1) is 0 Å². The van der Waals surface area contributed by atoms with Gasteiger partial charge in [0, 0.05) is 12.6 Å². The van der Waals surface area contributed by atoms with E-state index in [2.05, 4.69) is 10.2 Å². The predicted octanol–water partition coefficient (Wildman–Crippen LogP) is 0.923. The van der Waals surface area contributed by atoms with Crippen LogP contribution in [0.25, 0.3) is 0 Å². The van der Waals surface area contributed by atoms with Gasteiger partial charge in [-0.3, -0.25) is 10.1 Å². The van der Waals surface area contributed by atoms with Gasteiger partial charge in [0.1, 0.15) is 5.54 Å². The van der Waals surface area contributed by atoms with E-state index in [9.17, 15) is 9.90 Å². The molecule has 3 aliphatic heterocycles. The van der Waals surface area contributed by atoms with Crippen LogP contribution >= 0.6 is 0 Å². The first-order valence-corrected chi connectivity index (χ1v) is 6.83. The molecular formula is C13H22N2O2. The first-order valence-electron chi connectivity index (χ1n) is 6.83. The third-order valence-corrected chi connectivity index (χ3v) is 4.98. The zero-order valence-corrected chi connectivity index (χ0v) is 10.5. The van der Waals surface area contributed by atoms with Gasteiger partial charge in [-0.15, -0.1) is 0 Å². The van der Waals surface area contributed by atoms with Crippen molar-refractivity contribution in [2.75, 3.05) is 19.6 Å². The Morgan fingerprint density at radius 2 is 1.94 bits per heavy atom. The van der Waals surface area contributed by atoms with Gasteiger partial charge in [-0.2, -0.15) is 0 Å². The maximum atomic E-state index is 11.5. The monoisotopic (exact) mass is 238 g/mol. The SMILES string of the molecule is CC(NC1CN2CCC1CC2)(C(=O)O)C1CC1. The number of carboxylic acids is 1. The van der Waals surface area contributed by atoms with Crippen molar-refractivity contribution < 1.29 is 9.90 Å². The van der Waals surface area contributed by atoms with Crippen LogP contribution in [0, 0.1) is 11.8 Å². The molecule has 3 saturated heterocycles. The highest BCUT2D eigenvalue weighted by atomic mass is 16.4. The van der Waals surface area contributed by atoms with E-state index in [1.165, 1.54) is 25.9 Å². The number of piperidine rings is 3. The average molecular weight is 238 g/mol. The number of fused-ring (bicyclic) bond motifs is 3. The maximum Gasteiger partial charge on any atom is 0.323 e. The van der Waals surface area contributed by atoms with E-state index in [-0.39, 0.29) is 0 Å². The van der Waals surface area contributed by atoms with E-state index in [1.807, 2.05) is 6.92 Å². The largest absolute Gasteiger partial charge is 0.480 e. The van der Waals surface area contributed by atoms with Crippen LogP contribution in [-0.2, 0) is 4.79 Å². The molecule has 0 radical (unpaired) electrons. The van der Waals surface area contributed by atoms with Gasteiger partial charge in [0.25, 0.3) is 0 Å². The molecular weight excluding hydrogens is 216 g/mol. The van der Waals surface area contributed by atoms with Crippen molar-refractivity contribution in [3.05, 3.63) is 0 Å². The third-order valence-electron chi connectivity index (χ3n) is 4.98. The fourth-order valence-corrected chi connectivity index (χ4v) is 3.53. The molecule has 0 spiro atoms. The minimum Gasteiger partial charge on any atom is -0.480 e. The third kappa shape index (κ3) is 1.97. The lowest BCUT2D eigenvalue weighted by Crippen LogP contribution is -2.64. The zero-order chi connectivity index (χ0) is 12.0. The molecule has 2 N–H and O–H groups in total. The van der Waals surface area contributed by atoms with Gasteiger partial charge in [-0.1, -0.05) is 0 Å². The topological polar surface area (TPSA) is 52.6 Å². The Balaban J connectivity index is 1.70. The summed E-state index contributed by atoms with van der Waals surface area (Å²) in [5.41, 5.74) is -0.691. The molecule has 0 amide bonds. The number of carbonyl (C=O) groups is 1. The van der Waals surface area contributed by atoms with Crippen molar-refractivity contribution in [3.63, 3.8) is 0 Å². The normalized spacial score (nSPS) is 39.9. The molecule has 3 heterocycles. The Morgan fingerprint density at radius 1 is 1.29 bits per heavy atom. The molecule has 96 valence electrons. The maximum absolute atomic E-state index is 11.5. The van der Waals surface area contributed by atoms with E-state index in [0.717, 1.165) is 19.4 Å². The standard InChI is InChI=1S/C13H22N2O2/c1-13(12(16)17,10-2-3-10)14-11-8-15-6-4-9(11)5-7-15/h9-11,14H,2-8H2,1H3,(H,16,17). The smallest absolute Gasteiger partial charge is 0.323 e. The lowest BCUT2D eigenvalue weighted by molar-refractivity contribution is -0.146. The summed E-state index contributed by atoms with van der Waals surface area (Å²) in [7, 11) is 0. The molecule has 17 heavy (non-hydrogen) atoms. The van der Waals surface area contributed by atoms with E-state index < -0.39 is 11.5 Å². The van der Waals surface area contributed by atoms with Crippen LogP contribution in [0.3, 0.4) is 0 Å². The summed E-state index contributed by atoms with van der Waals surface area (Å²) in [6.45, 7) is 5.33. The lowest BCUT2D eigenvalue weighted by atomic mass is 9.82. The summed E-state index contributed by atoms with van der Waals surface area (Å²) >= 11 is 0.